The van der Waals surface area contributed by atoms with Crippen LogP contribution in [0.15, 0.2) is 0 Å². The molecule has 0 rings (SSSR count). The van der Waals surface area contributed by atoms with Crippen molar-refractivity contribution in [3.8, 4) is 0 Å². The van der Waals surface area contributed by atoms with Gasteiger partial charge in [0.1, 0.15) is 0 Å². The van der Waals surface area contributed by atoms with Gasteiger partial charge in [0.15, 0.2) is 0 Å². The Kier molecular flexibility index (Phi) is 9.92. The van der Waals surface area contributed by atoms with E-state index in [4.69, 9.17) is 0 Å². The Balaban J connectivity index is 3.82. The zero-order valence-electron chi connectivity index (χ0n) is 12.2. The van der Waals surface area contributed by atoms with Crippen LogP contribution in [0.5, 0.6) is 0 Å². The summed E-state index contributed by atoms with van der Waals surface area (Å²) >= 11 is 0. The Morgan fingerprint density at radius 2 is 1.89 bits per heavy atom. The van der Waals surface area contributed by atoms with E-state index in [1.807, 2.05) is 13.8 Å². The van der Waals surface area contributed by atoms with Crippen LogP contribution in [0, 0.1) is 0 Å². The zero-order valence-corrected chi connectivity index (χ0v) is 12.2. The van der Waals surface area contributed by atoms with Gasteiger partial charge in [-0.2, -0.15) is 0 Å². The first-order chi connectivity index (χ1) is 8.54. The van der Waals surface area contributed by atoms with E-state index in [-0.39, 0.29) is 11.9 Å². The minimum Gasteiger partial charge on any atom is -0.390 e. The third-order valence-corrected chi connectivity index (χ3v) is 2.97. The van der Waals surface area contributed by atoms with Crippen LogP contribution in [-0.4, -0.2) is 60.8 Å². The van der Waals surface area contributed by atoms with Crippen molar-refractivity contribution in [3.05, 3.63) is 0 Å². The molecule has 0 aliphatic rings. The number of aliphatic hydroxyl groups excluding tert-OH is 1. The molecular formula is C13H29N3O2. The van der Waals surface area contributed by atoms with Crippen molar-refractivity contribution in [2.45, 2.75) is 46.3 Å². The Morgan fingerprint density at radius 1 is 1.28 bits per heavy atom. The summed E-state index contributed by atoms with van der Waals surface area (Å²) in [6, 6.07) is -0.261. The maximum Gasteiger partial charge on any atom is 0.236 e. The molecule has 0 aromatic rings. The lowest BCUT2D eigenvalue weighted by Crippen LogP contribution is -2.47. The van der Waals surface area contributed by atoms with Gasteiger partial charge in [-0.05, 0) is 26.4 Å². The van der Waals surface area contributed by atoms with Crippen molar-refractivity contribution in [2.24, 2.45) is 0 Å². The van der Waals surface area contributed by atoms with Gasteiger partial charge in [-0.25, -0.2) is 0 Å². The van der Waals surface area contributed by atoms with Crippen molar-refractivity contribution < 1.29 is 9.90 Å². The summed E-state index contributed by atoms with van der Waals surface area (Å²) in [5, 5.41) is 15.7. The average molecular weight is 259 g/mol. The van der Waals surface area contributed by atoms with Crippen LogP contribution in [0.2, 0.25) is 0 Å². The number of nitrogens with zero attached hydrogens (tertiary/aromatic N) is 1. The van der Waals surface area contributed by atoms with Crippen LogP contribution in [0.1, 0.15) is 34.1 Å². The van der Waals surface area contributed by atoms with Gasteiger partial charge in [0.2, 0.25) is 5.91 Å². The molecule has 1 amide bonds. The lowest BCUT2D eigenvalue weighted by Gasteiger charge is -2.23. The summed E-state index contributed by atoms with van der Waals surface area (Å²) in [6.07, 6.45) is 0.495. The Morgan fingerprint density at radius 3 is 2.39 bits per heavy atom. The van der Waals surface area contributed by atoms with E-state index in [1.54, 1.807) is 0 Å². The Labute approximate surface area is 111 Å². The zero-order chi connectivity index (χ0) is 14.0. The molecule has 0 radical (unpaired) electrons. The van der Waals surface area contributed by atoms with Gasteiger partial charge in [0, 0.05) is 19.6 Å². The van der Waals surface area contributed by atoms with Crippen LogP contribution >= 0.6 is 0 Å². The quantitative estimate of drug-likeness (QED) is 0.524. The topological polar surface area (TPSA) is 64.6 Å². The molecule has 3 N–H and O–H groups in total. The fourth-order valence-corrected chi connectivity index (χ4v) is 1.65. The van der Waals surface area contributed by atoms with Gasteiger partial charge in [-0.1, -0.05) is 20.8 Å². The Hall–Kier alpha value is -0.650. The minimum atomic E-state index is -0.439. The van der Waals surface area contributed by atoms with E-state index in [2.05, 4.69) is 29.4 Å². The van der Waals surface area contributed by atoms with Crippen LogP contribution in [0.3, 0.4) is 0 Å². The highest BCUT2D eigenvalue weighted by Crippen LogP contribution is 1.92. The number of carbonyl (C=O) groups excluding carboxylic acids is 1. The predicted octanol–water partition coefficient (Wildman–Crippen LogP) is 0.193. The minimum absolute atomic E-state index is 0.00751. The maximum atomic E-state index is 11.6. The normalized spacial score (nSPS) is 14.6. The number of amides is 1. The maximum absolute atomic E-state index is 11.6. The molecular weight excluding hydrogens is 230 g/mol. The molecule has 5 heteroatoms. The predicted molar refractivity (Wildman–Crippen MR) is 74.6 cm³/mol. The summed E-state index contributed by atoms with van der Waals surface area (Å²) in [5.74, 6) is -0.00751. The second-order valence-electron chi connectivity index (χ2n) is 4.56. The highest BCUT2D eigenvalue weighted by atomic mass is 16.3. The molecule has 0 saturated heterocycles. The molecule has 0 saturated carbocycles. The lowest BCUT2D eigenvalue weighted by molar-refractivity contribution is -0.122. The van der Waals surface area contributed by atoms with Gasteiger partial charge < -0.3 is 20.6 Å². The van der Waals surface area contributed by atoms with Crippen LogP contribution in [0.25, 0.3) is 0 Å². The van der Waals surface area contributed by atoms with Crippen LogP contribution < -0.4 is 10.6 Å². The first-order valence-corrected chi connectivity index (χ1v) is 6.96. The van der Waals surface area contributed by atoms with Gasteiger partial charge >= 0.3 is 0 Å². The molecule has 18 heavy (non-hydrogen) atoms. The SMILES string of the molecule is CCCNC(=O)C(C)NCC(O)CN(CC)CC. The molecule has 2 atom stereocenters. The fraction of sp³-hybridized carbons (Fsp3) is 0.923. The van der Waals surface area contributed by atoms with E-state index in [0.29, 0.717) is 19.6 Å². The number of rotatable bonds is 10. The summed E-state index contributed by atoms with van der Waals surface area (Å²) < 4.78 is 0. The molecule has 2 unspecified atom stereocenters. The van der Waals surface area contributed by atoms with Crippen LogP contribution in [-0.2, 0) is 4.79 Å². The number of aliphatic hydroxyl groups is 1. The van der Waals surface area contributed by atoms with Crippen LogP contribution in [0.4, 0.5) is 0 Å². The number of nitrogens with one attached hydrogen (secondary N) is 2. The largest absolute Gasteiger partial charge is 0.390 e. The third kappa shape index (κ3) is 7.63. The summed E-state index contributed by atoms with van der Waals surface area (Å²) in [7, 11) is 0. The first-order valence-electron chi connectivity index (χ1n) is 6.96. The molecule has 5 nitrogen and oxygen atoms in total. The van der Waals surface area contributed by atoms with E-state index < -0.39 is 6.10 Å². The Bertz CT molecular complexity index is 220. The van der Waals surface area contributed by atoms with Crippen molar-refractivity contribution in [1.82, 2.24) is 15.5 Å². The molecule has 0 aliphatic heterocycles. The molecule has 0 fully saturated rings. The number of hydrogen-bond acceptors (Lipinski definition) is 4. The number of carbonyl (C=O) groups is 1. The molecule has 0 aromatic heterocycles. The van der Waals surface area contributed by atoms with Gasteiger partial charge in [0.05, 0.1) is 12.1 Å². The van der Waals surface area contributed by atoms with E-state index in [0.717, 1.165) is 19.5 Å². The molecule has 108 valence electrons. The van der Waals surface area contributed by atoms with Crippen molar-refractivity contribution >= 4 is 5.91 Å². The first kappa shape index (κ1) is 17.4. The van der Waals surface area contributed by atoms with E-state index in [9.17, 15) is 9.90 Å². The fourth-order valence-electron chi connectivity index (χ4n) is 1.65. The smallest absolute Gasteiger partial charge is 0.236 e. The third-order valence-electron chi connectivity index (χ3n) is 2.97. The second kappa shape index (κ2) is 10.3. The molecule has 0 heterocycles. The second-order valence-corrected chi connectivity index (χ2v) is 4.56. The molecule has 0 aliphatic carbocycles. The van der Waals surface area contributed by atoms with Crippen molar-refractivity contribution in [2.75, 3.05) is 32.7 Å². The highest BCUT2D eigenvalue weighted by Gasteiger charge is 2.14. The van der Waals surface area contributed by atoms with Gasteiger partial charge in [0.25, 0.3) is 0 Å². The summed E-state index contributed by atoms with van der Waals surface area (Å²) in [4.78, 5) is 13.7. The summed E-state index contributed by atoms with van der Waals surface area (Å²) in [6.45, 7) is 11.6. The standard InChI is InChI=1S/C13H29N3O2/c1-5-8-14-13(18)11(4)15-9-12(17)10-16(6-2)7-3/h11-12,15,17H,5-10H2,1-4H3,(H,14,18). The average Bonchev–Trinajstić information content (AvgIpc) is 2.39. The lowest BCUT2D eigenvalue weighted by atomic mass is 10.2. The van der Waals surface area contributed by atoms with Crippen molar-refractivity contribution in [1.29, 1.82) is 0 Å². The van der Waals surface area contributed by atoms with E-state index >= 15 is 0 Å². The molecule has 0 spiro atoms. The number of likely N-dealkylation sites (N-methyl/N-ethyl adjacent to an activating group) is 1. The molecule has 0 aromatic carbocycles. The van der Waals surface area contributed by atoms with Gasteiger partial charge in [-0.15, -0.1) is 0 Å². The van der Waals surface area contributed by atoms with Crippen molar-refractivity contribution in [3.63, 3.8) is 0 Å². The number of hydrogen-bond donors (Lipinski definition) is 3. The van der Waals surface area contributed by atoms with E-state index in [1.165, 1.54) is 0 Å². The highest BCUT2D eigenvalue weighted by molar-refractivity contribution is 5.81. The monoisotopic (exact) mass is 259 g/mol. The van der Waals surface area contributed by atoms with Gasteiger partial charge in [-0.3, -0.25) is 4.79 Å². The summed E-state index contributed by atoms with van der Waals surface area (Å²) in [5.41, 5.74) is 0. The molecule has 0 bridgehead atoms.